The number of piperidine rings is 1. The van der Waals surface area contributed by atoms with Gasteiger partial charge in [0.15, 0.2) is 5.76 Å². The molecule has 39 heavy (non-hydrogen) atoms. The van der Waals surface area contributed by atoms with E-state index in [-0.39, 0.29) is 11.3 Å². The van der Waals surface area contributed by atoms with E-state index in [0.29, 0.717) is 36.5 Å². The smallest absolute Gasteiger partial charge is 0.289 e. The zero-order chi connectivity index (χ0) is 26.8. The van der Waals surface area contributed by atoms with Gasteiger partial charge in [-0.2, -0.15) is 0 Å². The standard InChI is InChI=1S/C31H33ClN4O3/c1-35(30(37)27-11-6-16-38-27)21-31(24-9-5-10-26(32)18-24)19-25(31)20-36-14-12-23(13-15-36)29-34-33-28(39-29)17-22-7-3-2-4-8-22/h2-11,16,18,23,25H,12-15,17,19-21H2,1H3/t25-,31+/m0/s1. The first-order chi connectivity index (χ1) is 19.0. The molecule has 1 aliphatic carbocycles. The minimum atomic E-state index is -0.114. The summed E-state index contributed by atoms with van der Waals surface area (Å²) in [6.45, 7) is 3.60. The number of hydrogen-bond acceptors (Lipinski definition) is 6. The van der Waals surface area contributed by atoms with Crippen LogP contribution in [0.5, 0.6) is 0 Å². The maximum atomic E-state index is 13.0. The number of benzene rings is 2. The van der Waals surface area contributed by atoms with Gasteiger partial charge in [0.1, 0.15) is 0 Å². The van der Waals surface area contributed by atoms with Gasteiger partial charge < -0.3 is 18.6 Å². The van der Waals surface area contributed by atoms with Crippen molar-refractivity contribution >= 4 is 17.5 Å². The van der Waals surface area contributed by atoms with Gasteiger partial charge in [-0.3, -0.25) is 4.79 Å². The Hall–Kier alpha value is -3.42. The zero-order valence-electron chi connectivity index (χ0n) is 22.1. The number of rotatable bonds is 9. The molecule has 202 valence electrons. The van der Waals surface area contributed by atoms with Crippen molar-refractivity contribution in [2.24, 2.45) is 5.92 Å². The molecule has 0 N–H and O–H groups in total. The van der Waals surface area contributed by atoms with Crippen LogP contribution in [0, 0.1) is 5.92 Å². The molecule has 0 spiro atoms. The molecule has 1 amide bonds. The van der Waals surface area contributed by atoms with E-state index < -0.39 is 0 Å². The maximum absolute atomic E-state index is 13.0. The molecule has 6 rings (SSSR count). The number of carbonyl (C=O) groups is 1. The van der Waals surface area contributed by atoms with E-state index in [1.54, 1.807) is 17.0 Å². The highest BCUT2D eigenvalue weighted by Gasteiger charge is 2.56. The molecule has 2 aromatic carbocycles. The highest BCUT2D eigenvalue weighted by molar-refractivity contribution is 6.30. The van der Waals surface area contributed by atoms with E-state index in [9.17, 15) is 4.79 Å². The van der Waals surface area contributed by atoms with E-state index in [2.05, 4.69) is 39.4 Å². The topological polar surface area (TPSA) is 75.6 Å². The van der Waals surface area contributed by atoms with Crippen LogP contribution in [0.2, 0.25) is 5.02 Å². The van der Waals surface area contributed by atoms with Crippen molar-refractivity contribution in [2.45, 2.75) is 37.0 Å². The first kappa shape index (κ1) is 25.8. The first-order valence-corrected chi connectivity index (χ1v) is 14.0. The van der Waals surface area contributed by atoms with Gasteiger partial charge in [0.25, 0.3) is 5.91 Å². The predicted octanol–water partition coefficient (Wildman–Crippen LogP) is 5.82. The summed E-state index contributed by atoms with van der Waals surface area (Å²) in [7, 11) is 1.86. The van der Waals surface area contributed by atoms with Crippen molar-refractivity contribution in [2.75, 3.05) is 33.2 Å². The molecule has 2 aromatic heterocycles. The van der Waals surface area contributed by atoms with Crippen molar-refractivity contribution in [3.05, 3.63) is 107 Å². The van der Waals surface area contributed by atoms with Gasteiger partial charge in [0, 0.05) is 36.5 Å². The number of likely N-dealkylation sites (N-methyl/N-ethyl adjacent to an activating group) is 1. The average molecular weight is 545 g/mol. The lowest BCUT2D eigenvalue weighted by molar-refractivity contribution is 0.0744. The molecular weight excluding hydrogens is 512 g/mol. The summed E-state index contributed by atoms with van der Waals surface area (Å²) < 4.78 is 11.4. The van der Waals surface area contributed by atoms with Crippen molar-refractivity contribution in [3.8, 4) is 0 Å². The average Bonchev–Trinajstić information content (AvgIpc) is 3.31. The molecule has 7 nitrogen and oxygen atoms in total. The van der Waals surface area contributed by atoms with E-state index >= 15 is 0 Å². The Morgan fingerprint density at radius 1 is 1.08 bits per heavy atom. The molecule has 8 heteroatoms. The second-order valence-electron chi connectivity index (χ2n) is 11.0. The van der Waals surface area contributed by atoms with Gasteiger partial charge in [0.05, 0.1) is 12.7 Å². The summed E-state index contributed by atoms with van der Waals surface area (Å²) >= 11 is 6.39. The van der Waals surface area contributed by atoms with Crippen molar-refractivity contribution < 1.29 is 13.6 Å². The highest BCUT2D eigenvalue weighted by atomic mass is 35.5. The van der Waals surface area contributed by atoms with E-state index in [0.717, 1.165) is 49.8 Å². The normalized spacial score (nSPS) is 21.6. The number of aromatic nitrogens is 2. The van der Waals surface area contributed by atoms with Gasteiger partial charge in [-0.1, -0.05) is 54.1 Å². The van der Waals surface area contributed by atoms with Gasteiger partial charge >= 0.3 is 0 Å². The Labute approximate surface area is 233 Å². The molecular formula is C31H33ClN4O3. The van der Waals surface area contributed by atoms with Crippen LogP contribution in [0.15, 0.2) is 81.8 Å². The molecule has 2 aliphatic rings. The lowest BCUT2D eigenvalue weighted by Gasteiger charge is -2.32. The predicted molar refractivity (Wildman–Crippen MR) is 149 cm³/mol. The molecule has 3 heterocycles. The second kappa shape index (κ2) is 11.0. The largest absolute Gasteiger partial charge is 0.459 e. The number of halogens is 1. The fourth-order valence-corrected chi connectivity index (χ4v) is 6.28. The van der Waals surface area contributed by atoms with E-state index in [1.165, 1.54) is 17.4 Å². The zero-order valence-corrected chi connectivity index (χ0v) is 22.9. The summed E-state index contributed by atoms with van der Waals surface area (Å²) in [5.74, 6) is 2.45. The van der Waals surface area contributed by atoms with Crippen LogP contribution in [-0.2, 0) is 11.8 Å². The van der Waals surface area contributed by atoms with Crippen LogP contribution < -0.4 is 0 Å². The van der Waals surface area contributed by atoms with Crippen molar-refractivity contribution in [1.82, 2.24) is 20.0 Å². The van der Waals surface area contributed by atoms with Crippen LogP contribution in [0.25, 0.3) is 0 Å². The van der Waals surface area contributed by atoms with Crippen LogP contribution in [0.4, 0.5) is 0 Å². The Balaban J connectivity index is 1.08. The number of likely N-dealkylation sites (tertiary alicyclic amines) is 1. The van der Waals surface area contributed by atoms with Gasteiger partial charge in [-0.15, -0.1) is 10.2 Å². The van der Waals surface area contributed by atoms with Gasteiger partial charge in [-0.05, 0) is 73.7 Å². The van der Waals surface area contributed by atoms with Crippen molar-refractivity contribution in [3.63, 3.8) is 0 Å². The van der Waals surface area contributed by atoms with Gasteiger partial charge in [0.2, 0.25) is 11.8 Å². The maximum Gasteiger partial charge on any atom is 0.289 e. The summed E-state index contributed by atoms with van der Waals surface area (Å²) in [4.78, 5) is 17.3. The summed E-state index contributed by atoms with van der Waals surface area (Å²) in [6, 6.07) is 21.8. The molecule has 2 atom stereocenters. The fourth-order valence-electron chi connectivity index (χ4n) is 6.09. The molecule has 1 aliphatic heterocycles. The molecule has 1 saturated carbocycles. The summed E-state index contributed by atoms with van der Waals surface area (Å²) in [6.07, 6.45) is 5.23. The summed E-state index contributed by atoms with van der Waals surface area (Å²) in [5.41, 5.74) is 2.26. The van der Waals surface area contributed by atoms with Crippen LogP contribution in [0.1, 0.15) is 58.6 Å². The SMILES string of the molecule is CN(C[C@@]1(c2cccc(Cl)c2)C[C@H]1CN1CCC(c2nnc(Cc3ccccc3)o2)CC1)C(=O)c1ccco1. The fraction of sp³-hybridized carbons (Fsp3) is 0.387. The molecule has 0 unspecified atom stereocenters. The molecule has 4 aromatic rings. The first-order valence-electron chi connectivity index (χ1n) is 13.6. The van der Waals surface area contributed by atoms with Crippen molar-refractivity contribution in [1.29, 1.82) is 0 Å². The Kier molecular flexibility index (Phi) is 7.28. The molecule has 1 saturated heterocycles. The summed E-state index contributed by atoms with van der Waals surface area (Å²) in [5, 5.41) is 9.41. The third-order valence-corrected chi connectivity index (χ3v) is 8.56. The number of amides is 1. The Morgan fingerprint density at radius 2 is 1.90 bits per heavy atom. The highest BCUT2D eigenvalue weighted by Crippen LogP contribution is 2.55. The third-order valence-electron chi connectivity index (χ3n) is 8.33. The van der Waals surface area contributed by atoms with E-state index in [4.69, 9.17) is 20.4 Å². The third kappa shape index (κ3) is 5.65. The second-order valence-corrected chi connectivity index (χ2v) is 11.4. The van der Waals surface area contributed by atoms with Gasteiger partial charge in [-0.25, -0.2) is 0 Å². The number of nitrogens with zero attached hydrogens (tertiary/aromatic N) is 4. The van der Waals surface area contributed by atoms with E-state index in [1.807, 2.05) is 37.4 Å². The Bertz CT molecular complexity index is 1400. The van der Waals surface area contributed by atoms with Crippen LogP contribution >= 0.6 is 11.6 Å². The van der Waals surface area contributed by atoms with Crippen LogP contribution in [-0.4, -0.2) is 59.1 Å². The number of furan rings is 1. The number of hydrogen-bond donors (Lipinski definition) is 0. The minimum absolute atomic E-state index is 0.0981. The Morgan fingerprint density at radius 3 is 2.64 bits per heavy atom. The lowest BCUT2D eigenvalue weighted by atomic mass is 9.91. The molecule has 0 radical (unpaired) electrons. The quantitative estimate of drug-likeness (QED) is 0.264. The molecule has 0 bridgehead atoms. The van der Waals surface area contributed by atoms with Crippen LogP contribution in [0.3, 0.4) is 0 Å². The lowest BCUT2D eigenvalue weighted by Crippen LogP contribution is -2.39. The number of carbonyl (C=O) groups excluding carboxylic acids is 1. The monoisotopic (exact) mass is 544 g/mol. The minimum Gasteiger partial charge on any atom is -0.459 e. The molecule has 2 fully saturated rings.